The number of nitrogens with one attached hydrogen (secondary N) is 18. The van der Waals surface area contributed by atoms with Gasteiger partial charge in [-0.15, -0.1) is 0 Å². The molecule has 0 fully saturated rings. The minimum atomic E-state index is -2.05. The maximum Gasteiger partial charge on any atom is 0.303 e. The van der Waals surface area contributed by atoms with E-state index in [0.717, 1.165) is 0 Å². The van der Waals surface area contributed by atoms with E-state index in [4.69, 9.17) is 11.5 Å². The van der Waals surface area contributed by atoms with E-state index in [1.807, 2.05) is 39.8 Å². The molecule has 1 aliphatic rings. The quantitative estimate of drug-likeness (QED) is 0.0217. The lowest BCUT2D eigenvalue weighted by molar-refractivity contribution is -0.140. The molecule has 0 radical (unpaired) electrons. The van der Waals surface area contributed by atoms with Crippen LogP contribution >= 0.6 is 0 Å². The predicted molar refractivity (Wildman–Crippen MR) is 560 cm³/mol. The number of nitrogens with two attached hydrogens (primary N) is 2. The Morgan fingerprint density at radius 2 is 1.09 bits per heavy atom. The van der Waals surface area contributed by atoms with Crippen molar-refractivity contribution in [2.75, 3.05) is 45.8 Å². The van der Waals surface area contributed by atoms with E-state index in [0.29, 0.717) is 66.1 Å². The van der Waals surface area contributed by atoms with Gasteiger partial charge in [-0.2, -0.15) is 0 Å². The van der Waals surface area contributed by atoms with Crippen LogP contribution in [0.1, 0.15) is 243 Å². The Balaban J connectivity index is 1.47. The van der Waals surface area contributed by atoms with Crippen molar-refractivity contribution in [3.05, 3.63) is 114 Å². The molecular formula is C106H162N20O23. The minimum absolute atomic E-state index is 0.00974. The number of carbonyl (C=O) groups is 20. The number of amides is 10. The second-order valence-corrected chi connectivity index (χ2v) is 40.8. The predicted octanol–water partition coefficient (Wildman–Crippen LogP) is 1.11. The van der Waals surface area contributed by atoms with Gasteiger partial charge in [0, 0.05) is 82.1 Å². The molecule has 1 aromatic heterocycles. The summed E-state index contributed by atoms with van der Waals surface area (Å²) in [5, 5.41) is 74.7. The fourth-order valence-electron chi connectivity index (χ4n) is 16.4. The molecule has 2 heterocycles. The first kappa shape index (κ1) is 127. The van der Waals surface area contributed by atoms with Crippen molar-refractivity contribution in [2.45, 2.75) is 353 Å². The molecule has 3 aromatic carbocycles. The molecule has 17 atom stereocenters. The summed E-state index contributed by atoms with van der Waals surface area (Å²) >= 11 is 0. The standard InChI is InChI=1S/C106H162N20O23/c1-61(2)49-80(117-70(12)128)99(145)122-95(69(11)127)102(148)120-82(51-71-31-25-24-26-32-71)100(146)124-106(16)46-30-23-21-19-17-18-20-22-29-45-105(15,92(138)60-114-64(6)85(131)44-47-109-63(5)84(130)43-48-110-66(8)89(135)58-116-104(13,14)91(137)59-113-67(9)88(134)56-112-68(10)96(108)142)123-101(147)83(50-62(3)4)126-125-77(39-41-93(107)139)87(133)54-86(132)65(7)111-57-90(136)79(53-73-55-115-76-34-28-27-33-75(73)76)118-98(144)81(52-72-35-37-74(129)38-36-72)119-97(143)78(121-103(106)149)40-42-94(140)141/h18,20,24-28,31-38,55,61-69,77-83,95,109-116,125-127,129H,17,19,21-23,29-30,39-54,56-60H2,1-16H3,(H2,107,139)(H2,108,142)(H,117,128)(H,118,144)(H,119,143)(H,120,148)(H,121,149)(H,122,145)(H,123,147)(H,124,146)(H,140,141)/t63-,64-,65-,66-,67-,68+,69+,77-,78-,79-,80-,81-,82-,83-,95-,105-,106+/m0/s1. The second kappa shape index (κ2) is 63.5. The summed E-state index contributed by atoms with van der Waals surface area (Å²) in [6.07, 6.45) is 3.24. The normalized spacial score (nSPS) is 21.3. The number of allylic oxidation sites excluding steroid dienone is 2. The average molecular weight is 2080 g/mol. The summed E-state index contributed by atoms with van der Waals surface area (Å²) in [4.78, 5) is 282. The number of aliphatic hydroxyl groups is 1. The van der Waals surface area contributed by atoms with Crippen LogP contribution in [0.4, 0.5) is 0 Å². The number of aromatic hydroxyl groups is 1. The van der Waals surface area contributed by atoms with Gasteiger partial charge in [-0.3, -0.25) is 107 Å². The first-order chi connectivity index (χ1) is 70.1. The van der Waals surface area contributed by atoms with Crippen LogP contribution in [-0.2, 0) is 115 Å². The molecule has 0 unspecified atom stereocenters. The van der Waals surface area contributed by atoms with Crippen LogP contribution in [0.3, 0.4) is 0 Å². The summed E-state index contributed by atoms with van der Waals surface area (Å²) in [7, 11) is 0. The Hall–Kier alpha value is -12.5. The number of carboxylic acid groups (broad SMARTS) is 1. The average Bonchev–Trinajstić information content (AvgIpc) is 1.78. The number of carboxylic acids is 1. The number of hydrazine groups is 1. The third-order valence-electron chi connectivity index (χ3n) is 26.4. The molecular weight excluding hydrogens is 1920 g/mol. The molecule has 1 aliphatic heterocycles. The van der Waals surface area contributed by atoms with Crippen molar-refractivity contribution < 1.29 is 111 Å². The number of ketones is 9. The number of fused-ring (bicyclic) bond motifs is 1. The highest BCUT2D eigenvalue weighted by Gasteiger charge is 2.43. The van der Waals surface area contributed by atoms with Gasteiger partial charge in [-0.1, -0.05) is 120 Å². The molecule has 824 valence electrons. The molecule has 5 rings (SSSR count). The van der Waals surface area contributed by atoms with Crippen LogP contribution in [0.5, 0.6) is 5.75 Å². The molecule has 0 aliphatic carbocycles. The van der Waals surface area contributed by atoms with Crippen LogP contribution in [0.2, 0.25) is 0 Å². The van der Waals surface area contributed by atoms with Crippen LogP contribution < -0.4 is 102 Å². The molecule has 4 aromatic rings. The number of H-pyrrole nitrogens is 1. The number of phenols is 1. The van der Waals surface area contributed by atoms with E-state index in [9.17, 15) is 87.2 Å². The summed E-state index contributed by atoms with van der Waals surface area (Å²) in [6.45, 7) is 23.7. The highest BCUT2D eigenvalue weighted by atomic mass is 16.4. The monoisotopic (exact) mass is 2080 g/mol. The maximum atomic E-state index is 15.6. The van der Waals surface area contributed by atoms with E-state index in [1.165, 1.54) is 58.9 Å². The van der Waals surface area contributed by atoms with Gasteiger partial charge >= 0.3 is 5.97 Å². The van der Waals surface area contributed by atoms with Crippen molar-refractivity contribution in [3.63, 3.8) is 0 Å². The topological polar surface area (TPSA) is 674 Å². The van der Waals surface area contributed by atoms with E-state index in [1.54, 1.807) is 109 Å². The minimum Gasteiger partial charge on any atom is -0.508 e. The smallest absolute Gasteiger partial charge is 0.303 e. The van der Waals surface area contributed by atoms with Gasteiger partial charge in [0.2, 0.25) is 59.1 Å². The molecule has 0 saturated heterocycles. The van der Waals surface area contributed by atoms with Gasteiger partial charge in [0.15, 0.2) is 52.0 Å². The van der Waals surface area contributed by atoms with Gasteiger partial charge in [0.1, 0.15) is 47.5 Å². The molecule has 0 saturated carbocycles. The number of aliphatic carboxylic acids is 1. The Bertz CT molecular complexity index is 5220. The van der Waals surface area contributed by atoms with Crippen molar-refractivity contribution in [2.24, 2.45) is 23.3 Å². The van der Waals surface area contributed by atoms with E-state index in [2.05, 4.69) is 95.6 Å². The fourth-order valence-corrected chi connectivity index (χ4v) is 16.4. The highest BCUT2D eigenvalue weighted by Crippen LogP contribution is 2.25. The van der Waals surface area contributed by atoms with E-state index >= 15 is 24.0 Å². The Kier molecular flexibility index (Phi) is 54.1. The molecule has 10 amide bonds. The lowest BCUT2D eigenvalue weighted by Crippen LogP contribution is -2.65. The zero-order valence-electron chi connectivity index (χ0n) is 89.0. The third kappa shape index (κ3) is 45.5. The van der Waals surface area contributed by atoms with E-state index in [-0.39, 0.29) is 156 Å². The SMILES string of the molecule is CC(=O)N[C@@H](CC(C)C)C(=O)N[C@H](C(=O)N[C@@H](Cc1ccccc1)C(=O)N[C@]1(C)CCCCCCC=CCCC[C@@](C)(C(=O)CN[C@@H](C)C(=O)CCN[C@@H](C)C(=O)CCN[C@@H](C)C(=O)CNC(C)(C)C(=O)CN[C@@H](C)C(=O)CN[C@H](C)C(N)=O)NC(=O)[C@H](CC(C)C)NN[C@@H](CCC(N)=O)C(=O)CC(=O)[C@H](C)NCC(=O)[C@H](Cc2c[nH]c3ccccc23)NC(=O)[C@H](Cc2ccc(O)cc2)NC(=O)[C@H](CCC(=O)O)NC1=O)[C@@H](C)O. The zero-order chi connectivity index (χ0) is 111. The summed E-state index contributed by atoms with van der Waals surface area (Å²) in [5.74, 6) is -14.7. The molecule has 0 bridgehead atoms. The number of Topliss-reactive ketones (excluding diaryl/α,β-unsaturated/α-hetero) is 9. The maximum absolute atomic E-state index is 15.6. The number of aliphatic hydroxyl groups excluding tert-OH is 1. The van der Waals surface area contributed by atoms with Gasteiger partial charge in [0.05, 0.1) is 105 Å². The number of hydrogen-bond donors (Lipinski definition) is 23. The number of primary amides is 2. The van der Waals surface area contributed by atoms with Crippen molar-refractivity contribution in [3.8, 4) is 5.75 Å². The fraction of sp³-hybridized carbons (Fsp3) is 0.604. The number of aromatic amines is 1. The summed E-state index contributed by atoms with van der Waals surface area (Å²) < 4.78 is 0. The number of phenolic OH excluding ortho intramolecular Hbond substituents is 1. The number of carbonyl (C=O) groups excluding carboxylic acids is 19. The third-order valence-corrected chi connectivity index (χ3v) is 26.4. The van der Waals surface area contributed by atoms with Crippen LogP contribution in [0.15, 0.2) is 97.2 Å². The van der Waals surface area contributed by atoms with Gasteiger partial charge < -0.3 is 101 Å². The highest BCUT2D eigenvalue weighted by molar-refractivity contribution is 6.05. The number of rotatable bonds is 51. The van der Waals surface area contributed by atoms with E-state index < -0.39 is 228 Å². The lowest BCUT2D eigenvalue weighted by Gasteiger charge is -2.34. The molecule has 43 nitrogen and oxygen atoms in total. The number of benzene rings is 3. The van der Waals surface area contributed by atoms with Gasteiger partial charge in [-0.05, 0) is 187 Å². The largest absolute Gasteiger partial charge is 0.508 e. The zero-order valence-corrected chi connectivity index (χ0v) is 89.0. The van der Waals surface area contributed by atoms with Gasteiger partial charge in [0.25, 0.3) is 0 Å². The first-order valence-corrected chi connectivity index (χ1v) is 51.5. The van der Waals surface area contributed by atoms with Gasteiger partial charge in [-0.25, -0.2) is 10.9 Å². The van der Waals surface area contributed by atoms with Crippen LogP contribution in [-0.4, -0.2) is 291 Å². The van der Waals surface area contributed by atoms with Crippen molar-refractivity contribution in [1.29, 1.82) is 0 Å². The second-order valence-electron chi connectivity index (χ2n) is 40.8. The lowest BCUT2D eigenvalue weighted by atomic mass is 9.88. The Morgan fingerprint density at radius 3 is 1.71 bits per heavy atom. The molecule has 25 N–H and O–H groups in total. The Labute approximate surface area is 872 Å². The van der Waals surface area contributed by atoms with Crippen LogP contribution in [0.25, 0.3) is 10.9 Å². The summed E-state index contributed by atoms with van der Waals surface area (Å²) in [5.41, 5.74) is 13.9. The molecule has 149 heavy (non-hydrogen) atoms. The number of hydrogen-bond acceptors (Lipinski definition) is 31. The number of para-hydroxylation sites is 1. The first-order valence-electron chi connectivity index (χ1n) is 51.5. The Morgan fingerprint density at radius 1 is 0.523 bits per heavy atom. The molecule has 0 spiro atoms. The van der Waals surface area contributed by atoms with Crippen molar-refractivity contribution in [1.82, 2.24) is 95.6 Å². The summed E-state index contributed by atoms with van der Waals surface area (Å²) in [6, 6.07) is 4.03. The van der Waals surface area contributed by atoms with Crippen LogP contribution in [0, 0.1) is 11.8 Å². The van der Waals surface area contributed by atoms with Crippen molar-refractivity contribution >= 4 is 128 Å². The number of aromatic nitrogens is 1. The molecule has 43 heteroatoms.